The van der Waals surface area contributed by atoms with E-state index in [1.165, 1.54) is 6.04 Å². The lowest BCUT2D eigenvalue weighted by Crippen LogP contribution is -2.47. The molecule has 0 radical (unpaired) electrons. The van der Waals surface area contributed by atoms with E-state index in [2.05, 4.69) is 41.5 Å². The molecular formula is C21H33ClO2Si. The Morgan fingerprint density at radius 3 is 2.04 bits per heavy atom. The third kappa shape index (κ3) is 4.37. The lowest BCUT2D eigenvalue weighted by molar-refractivity contribution is 0.0426. The van der Waals surface area contributed by atoms with Crippen molar-refractivity contribution in [2.24, 2.45) is 0 Å². The molecule has 0 aliphatic carbocycles. The number of benzene rings is 1. The summed E-state index contributed by atoms with van der Waals surface area (Å²) in [6.07, 6.45) is 1.79. The monoisotopic (exact) mass is 380 g/mol. The molecule has 1 aliphatic rings. The Balaban J connectivity index is 2.08. The van der Waals surface area contributed by atoms with Crippen LogP contribution in [0.2, 0.25) is 27.7 Å². The maximum absolute atomic E-state index is 12.7. The Morgan fingerprint density at radius 2 is 1.56 bits per heavy atom. The molecule has 25 heavy (non-hydrogen) atoms. The minimum atomic E-state index is -1.50. The van der Waals surface area contributed by atoms with Gasteiger partial charge in [-0.05, 0) is 43.2 Å². The van der Waals surface area contributed by atoms with Crippen molar-refractivity contribution in [1.29, 1.82) is 0 Å². The van der Waals surface area contributed by atoms with E-state index in [0.29, 0.717) is 10.6 Å². The van der Waals surface area contributed by atoms with Gasteiger partial charge in [0.2, 0.25) is 0 Å². The average molecular weight is 381 g/mol. The highest BCUT2D eigenvalue weighted by molar-refractivity contribution is 6.83. The van der Waals surface area contributed by atoms with Crippen LogP contribution in [0.5, 0.6) is 0 Å². The van der Waals surface area contributed by atoms with Crippen LogP contribution in [-0.4, -0.2) is 26.1 Å². The molecule has 1 fully saturated rings. The smallest absolute Gasteiger partial charge is 0.191 e. The molecule has 0 aromatic heterocycles. The normalized spacial score (nSPS) is 21.5. The Bertz CT molecular complexity index is 558. The van der Waals surface area contributed by atoms with Crippen LogP contribution in [0.3, 0.4) is 0 Å². The fourth-order valence-electron chi connectivity index (χ4n) is 4.95. The van der Waals surface area contributed by atoms with Crippen LogP contribution in [0.4, 0.5) is 0 Å². The van der Waals surface area contributed by atoms with E-state index < -0.39 is 8.07 Å². The van der Waals surface area contributed by atoms with Gasteiger partial charge in [-0.1, -0.05) is 69.8 Å². The summed E-state index contributed by atoms with van der Waals surface area (Å²) in [6.45, 7) is 14.3. The average Bonchev–Trinajstić information content (AvgIpc) is 3.00. The summed E-state index contributed by atoms with van der Waals surface area (Å²) in [5.41, 5.74) is 2.88. The molecule has 0 bridgehead atoms. The molecular weight excluding hydrogens is 348 g/mol. The second kappa shape index (κ2) is 8.37. The summed E-state index contributed by atoms with van der Waals surface area (Å²) < 4.78 is 6.27. The van der Waals surface area contributed by atoms with E-state index >= 15 is 0 Å². The van der Waals surface area contributed by atoms with Crippen LogP contribution < -0.4 is 0 Å². The van der Waals surface area contributed by atoms with Gasteiger partial charge in [-0.3, -0.25) is 4.79 Å². The highest BCUT2D eigenvalue weighted by atomic mass is 35.5. The molecule has 140 valence electrons. The molecule has 0 amide bonds. The fourth-order valence-corrected chi connectivity index (χ4v) is 11.6. The van der Waals surface area contributed by atoms with Crippen molar-refractivity contribution in [2.45, 2.75) is 89.3 Å². The second-order valence-electron chi connectivity index (χ2n) is 8.48. The van der Waals surface area contributed by atoms with E-state index in [1.807, 2.05) is 0 Å². The van der Waals surface area contributed by atoms with Crippen LogP contribution in [0.15, 0.2) is 24.3 Å². The van der Waals surface area contributed by atoms with E-state index in [4.69, 9.17) is 16.3 Å². The molecule has 2 atom stereocenters. The Labute approximate surface area is 159 Å². The van der Waals surface area contributed by atoms with Gasteiger partial charge in [0, 0.05) is 10.6 Å². The van der Waals surface area contributed by atoms with Crippen LogP contribution in [0, 0.1) is 0 Å². The van der Waals surface area contributed by atoms with Gasteiger partial charge < -0.3 is 4.74 Å². The maximum atomic E-state index is 12.7. The molecule has 2 rings (SSSR count). The van der Waals surface area contributed by atoms with Gasteiger partial charge in [0.05, 0.1) is 14.2 Å². The zero-order chi connectivity index (χ0) is 18.8. The topological polar surface area (TPSA) is 26.3 Å². The Hall–Kier alpha value is -0.643. The van der Waals surface area contributed by atoms with Gasteiger partial charge in [-0.15, -0.1) is 0 Å². The molecule has 0 spiro atoms. The molecule has 1 heterocycles. The third-order valence-corrected chi connectivity index (χ3v) is 14.2. The maximum Gasteiger partial charge on any atom is 0.191 e. The predicted molar refractivity (Wildman–Crippen MR) is 110 cm³/mol. The molecule has 1 saturated heterocycles. The van der Waals surface area contributed by atoms with Gasteiger partial charge in [-0.2, -0.15) is 0 Å². The molecule has 2 nitrogen and oxygen atoms in total. The molecule has 1 aromatic carbocycles. The van der Waals surface area contributed by atoms with Crippen molar-refractivity contribution < 1.29 is 9.53 Å². The standard InChI is InChI=1S/C21H33ClO2Si/c1-14(2)25(15(3)4,16(5)6)13-19-11-12-20(24-19)21(23)17-7-9-18(22)10-8-17/h7-10,14-16,19-20H,11-13H2,1-6H3/t19-,20-/m1/s1. The second-order valence-corrected chi connectivity index (χ2v) is 15.0. The van der Waals surface area contributed by atoms with Crippen molar-refractivity contribution in [3.05, 3.63) is 34.9 Å². The lowest BCUT2D eigenvalue weighted by Gasteiger charge is -2.44. The number of carbonyl (C=O) groups is 1. The Kier molecular flexibility index (Phi) is 6.92. The summed E-state index contributed by atoms with van der Waals surface area (Å²) in [7, 11) is -1.50. The number of carbonyl (C=O) groups excluding carboxylic acids is 1. The molecule has 0 saturated carbocycles. The number of rotatable bonds is 7. The quantitative estimate of drug-likeness (QED) is 0.386. The first-order valence-electron chi connectivity index (χ1n) is 9.63. The number of Topliss-reactive ketones (excluding diaryl/α,β-unsaturated/α-hetero) is 1. The van der Waals surface area contributed by atoms with Crippen molar-refractivity contribution in [2.75, 3.05) is 0 Å². The first kappa shape index (κ1) is 20.7. The number of ether oxygens (including phenoxy) is 1. The van der Waals surface area contributed by atoms with Crippen molar-refractivity contribution in [3.63, 3.8) is 0 Å². The molecule has 0 N–H and O–H groups in total. The largest absolute Gasteiger partial charge is 0.367 e. The lowest BCUT2D eigenvalue weighted by atomic mass is 10.0. The summed E-state index contributed by atoms with van der Waals surface area (Å²) >= 11 is 5.92. The van der Waals surface area contributed by atoms with Crippen LogP contribution in [-0.2, 0) is 4.74 Å². The number of hydrogen-bond acceptors (Lipinski definition) is 2. The minimum Gasteiger partial charge on any atom is -0.367 e. The first-order chi connectivity index (χ1) is 11.7. The Morgan fingerprint density at radius 1 is 1.04 bits per heavy atom. The molecule has 1 aromatic rings. The zero-order valence-corrected chi connectivity index (χ0v) is 18.3. The fraction of sp³-hybridized carbons (Fsp3) is 0.667. The van der Waals surface area contributed by atoms with E-state index in [1.54, 1.807) is 24.3 Å². The van der Waals surface area contributed by atoms with E-state index in [9.17, 15) is 4.79 Å². The zero-order valence-electron chi connectivity index (χ0n) is 16.5. The molecule has 4 heteroatoms. The van der Waals surface area contributed by atoms with Crippen LogP contribution in [0.25, 0.3) is 0 Å². The van der Waals surface area contributed by atoms with Gasteiger partial charge in [-0.25, -0.2) is 0 Å². The summed E-state index contributed by atoms with van der Waals surface area (Å²) in [6, 6.07) is 8.32. The molecule has 0 unspecified atom stereocenters. The van der Waals surface area contributed by atoms with Gasteiger partial charge in [0.1, 0.15) is 6.10 Å². The van der Waals surface area contributed by atoms with Crippen LogP contribution in [0.1, 0.15) is 64.7 Å². The molecule has 1 aliphatic heterocycles. The summed E-state index contributed by atoms with van der Waals surface area (Å²) in [5.74, 6) is 0.102. The highest BCUT2D eigenvalue weighted by Crippen LogP contribution is 2.47. The predicted octanol–water partition coefficient (Wildman–Crippen LogP) is 6.75. The van der Waals surface area contributed by atoms with E-state index in [0.717, 1.165) is 29.5 Å². The SMILES string of the molecule is CC(C)[Si](C[C@H]1CC[C@H](C(=O)c2ccc(Cl)cc2)O1)(C(C)C)C(C)C. The minimum absolute atomic E-state index is 0.102. The van der Waals surface area contributed by atoms with Crippen LogP contribution >= 0.6 is 11.6 Å². The van der Waals surface area contributed by atoms with E-state index in [-0.39, 0.29) is 18.0 Å². The summed E-state index contributed by atoms with van der Waals surface area (Å²) in [4.78, 5) is 12.7. The number of halogens is 1. The van der Waals surface area contributed by atoms with Gasteiger partial charge in [0.25, 0.3) is 0 Å². The first-order valence-corrected chi connectivity index (χ1v) is 12.5. The number of hydrogen-bond donors (Lipinski definition) is 0. The van der Waals surface area contributed by atoms with Crippen molar-refractivity contribution in [3.8, 4) is 0 Å². The highest BCUT2D eigenvalue weighted by Gasteiger charge is 2.46. The third-order valence-electron chi connectivity index (χ3n) is 6.33. The van der Waals surface area contributed by atoms with Crippen molar-refractivity contribution in [1.82, 2.24) is 0 Å². The van der Waals surface area contributed by atoms with Gasteiger partial charge >= 0.3 is 0 Å². The van der Waals surface area contributed by atoms with Crippen molar-refractivity contribution >= 4 is 25.5 Å². The number of ketones is 1. The summed E-state index contributed by atoms with van der Waals surface area (Å²) in [5, 5.41) is 0.656. The van der Waals surface area contributed by atoms with Gasteiger partial charge in [0.15, 0.2) is 5.78 Å².